The van der Waals surface area contributed by atoms with Gasteiger partial charge < -0.3 is 5.11 Å². The number of aliphatic hydroxyl groups is 1. The third kappa shape index (κ3) is 9.02. The molecular weight excluding hydrogens is 148 g/mol. The molecule has 1 nitrogen and oxygen atoms in total. The number of rotatable bonds is 3. The maximum Gasteiger partial charge on any atom is 0.108 e. The molecule has 0 aliphatic heterocycles. The molecule has 1 N–H and O–H groups in total. The average molecular weight is 168 g/mol. The van der Waals surface area contributed by atoms with E-state index in [1.165, 1.54) is 0 Å². The van der Waals surface area contributed by atoms with E-state index in [1.54, 1.807) is 12.2 Å². The van der Waals surface area contributed by atoms with Crippen molar-refractivity contribution in [3.8, 4) is 0 Å². The molecule has 0 aromatic carbocycles. The van der Waals surface area contributed by atoms with Crippen LogP contribution >= 0.6 is 0 Å². The van der Waals surface area contributed by atoms with Crippen LogP contribution in [0.15, 0.2) is 36.6 Å². The molecule has 0 rings (SSSR count). The molecule has 1 heteroatoms. The lowest BCUT2D eigenvalue weighted by molar-refractivity contribution is 0.435. The zero-order valence-electron chi connectivity index (χ0n) is 8.59. The number of aliphatic hydroxyl groups excluding tert-OH is 1. The Morgan fingerprint density at radius 3 is 1.83 bits per heavy atom. The maximum absolute atomic E-state index is 8.66. The third-order valence-electron chi connectivity index (χ3n) is 1.23. The molecule has 12 heavy (non-hydrogen) atoms. The SMILES string of the molecule is C=C(O)/C=C\C(=C)C(C)C.CC. The fourth-order valence-corrected chi connectivity index (χ4v) is 0.396. The Kier molecular flexibility index (Phi) is 9.20. The zero-order valence-corrected chi connectivity index (χ0v) is 8.59. The summed E-state index contributed by atoms with van der Waals surface area (Å²) in [4.78, 5) is 0. The molecule has 70 valence electrons. The molecule has 0 aliphatic carbocycles. The summed E-state index contributed by atoms with van der Waals surface area (Å²) < 4.78 is 0. The third-order valence-corrected chi connectivity index (χ3v) is 1.23. The normalized spacial score (nSPS) is 9.42. The van der Waals surface area contributed by atoms with Gasteiger partial charge in [0.2, 0.25) is 0 Å². The van der Waals surface area contributed by atoms with Gasteiger partial charge in [0.25, 0.3) is 0 Å². The van der Waals surface area contributed by atoms with Gasteiger partial charge in [-0.2, -0.15) is 0 Å². The van der Waals surface area contributed by atoms with Crippen molar-refractivity contribution in [2.75, 3.05) is 0 Å². The number of hydrogen-bond acceptors (Lipinski definition) is 1. The van der Waals surface area contributed by atoms with Gasteiger partial charge in [0.15, 0.2) is 0 Å². The van der Waals surface area contributed by atoms with Crippen LogP contribution in [0.25, 0.3) is 0 Å². The zero-order chi connectivity index (χ0) is 10.1. The van der Waals surface area contributed by atoms with E-state index in [0.717, 1.165) is 5.57 Å². The van der Waals surface area contributed by atoms with Crippen LogP contribution < -0.4 is 0 Å². The summed E-state index contributed by atoms with van der Waals surface area (Å²) in [5.74, 6) is 0.498. The Morgan fingerprint density at radius 1 is 1.17 bits per heavy atom. The summed E-state index contributed by atoms with van der Waals surface area (Å²) >= 11 is 0. The molecule has 0 saturated heterocycles. The highest BCUT2D eigenvalue weighted by Crippen LogP contribution is 2.07. The van der Waals surface area contributed by atoms with Crippen molar-refractivity contribution in [3.05, 3.63) is 36.6 Å². The molecule has 0 radical (unpaired) electrons. The molecule has 0 fully saturated rings. The first kappa shape index (κ1) is 13.6. The number of hydrogen-bond donors (Lipinski definition) is 1. The van der Waals surface area contributed by atoms with Crippen LogP contribution in [-0.2, 0) is 0 Å². The highest BCUT2D eigenvalue weighted by Gasteiger charge is 1.93. The molecule has 0 atom stereocenters. The highest BCUT2D eigenvalue weighted by molar-refractivity contribution is 5.21. The van der Waals surface area contributed by atoms with E-state index in [0.29, 0.717) is 5.92 Å². The van der Waals surface area contributed by atoms with E-state index < -0.39 is 0 Å². The molecule has 0 spiro atoms. The molecule has 0 aliphatic rings. The van der Waals surface area contributed by atoms with Gasteiger partial charge >= 0.3 is 0 Å². The minimum atomic E-state index is 0.0711. The Bertz CT molecular complexity index is 164. The standard InChI is InChI=1S/C9H14O.C2H6/c1-7(2)8(3)5-6-9(4)10;1-2/h5-7,10H,3-4H2,1-2H3;1-2H3/b6-5-;. The van der Waals surface area contributed by atoms with Crippen molar-refractivity contribution in [1.29, 1.82) is 0 Å². The molecule has 0 aromatic heterocycles. The first-order chi connectivity index (χ1) is 5.54. The first-order valence-corrected chi connectivity index (χ1v) is 4.28. The summed E-state index contributed by atoms with van der Waals surface area (Å²) in [5.41, 5.74) is 0.996. The molecule has 0 amide bonds. The van der Waals surface area contributed by atoms with Gasteiger partial charge in [-0.05, 0) is 12.0 Å². The Morgan fingerprint density at radius 2 is 1.58 bits per heavy atom. The summed E-state index contributed by atoms with van der Waals surface area (Å²) in [7, 11) is 0. The second-order valence-corrected chi connectivity index (χ2v) is 2.55. The topological polar surface area (TPSA) is 20.2 Å². The van der Waals surface area contributed by atoms with Crippen molar-refractivity contribution in [3.63, 3.8) is 0 Å². The smallest absolute Gasteiger partial charge is 0.108 e. The summed E-state index contributed by atoms with van der Waals surface area (Å²) in [6.07, 6.45) is 3.31. The van der Waals surface area contributed by atoms with Crippen LogP contribution in [-0.4, -0.2) is 5.11 Å². The lowest BCUT2D eigenvalue weighted by Gasteiger charge is -2.01. The first-order valence-electron chi connectivity index (χ1n) is 4.28. The molecule has 0 aromatic rings. The van der Waals surface area contributed by atoms with E-state index in [2.05, 4.69) is 13.2 Å². The van der Waals surface area contributed by atoms with Crippen molar-refractivity contribution < 1.29 is 5.11 Å². The van der Waals surface area contributed by atoms with Crippen LogP contribution in [0, 0.1) is 5.92 Å². The maximum atomic E-state index is 8.66. The van der Waals surface area contributed by atoms with Crippen molar-refractivity contribution in [2.24, 2.45) is 5.92 Å². The summed E-state index contributed by atoms with van der Waals surface area (Å²) in [6, 6.07) is 0. The Labute approximate surface area is 76.1 Å². The van der Waals surface area contributed by atoms with Crippen molar-refractivity contribution in [2.45, 2.75) is 27.7 Å². The largest absolute Gasteiger partial charge is 0.509 e. The van der Waals surface area contributed by atoms with Gasteiger partial charge in [-0.3, -0.25) is 0 Å². The Hall–Kier alpha value is -0.980. The predicted molar refractivity (Wildman–Crippen MR) is 56.2 cm³/mol. The van der Waals surface area contributed by atoms with Crippen molar-refractivity contribution >= 4 is 0 Å². The lowest BCUT2D eigenvalue weighted by Crippen LogP contribution is -1.87. The van der Waals surface area contributed by atoms with E-state index in [1.807, 2.05) is 27.7 Å². The van der Waals surface area contributed by atoms with Gasteiger partial charge in [-0.1, -0.05) is 52.5 Å². The fraction of sp³-hybridized carbons (Fsp3) is 0.455. The van der Waals surface area contributed by atoms with Gasteiger partial charge in [0, 0.05) is 0 Å². The van der Waals surface area contributed by atoms with Gasteiger partial charge in [-0.25, -0.2) is 0 Å². The summed E-state index contributed by atoms with van der Waals surface area (Å²) in [6.45, 7) is 15.2. The van der Waals surface area contributed by atoms with E-state index >= 15 is 0 Å². The van der Waals surface area contributed by atoms with Gasteiger partial charge in [-0.15, -0.1) is 0 Å². The molecule has 0 heterocycles. The minimum Gasteiger partial charge on any atom is -0.509 e. The van der Waals surface area contributed by atoms with E-state index in [-0.39, 0.29) is 5.76 Å². The number of allylic oxidation sites excluding steroid dienone is 3. The fourth-order valence-electron chi connectivity index (χ4n) is 0.396. The predicted octanol–water partition coefficient (Wildman–Crippen LogP) is 3.85. The molecular formula is C11H20O. The van der Waals surface area contributed by atoms with Crippen molar-refractivity contribution in [1.82, 2.24) is 0 Å². The quantitative estimate of drug-likeness (QED) is 0.501. The van der Waals surface area contributed by atoms with Gasteiger partial charge in [0.05, 0.1) is 0 Å². The van der Waals surface area contributed by atoms with Crippen LogP contribution in [0.5, 0.6) is 0 Å². The van der Waals surface area contributed by atoms with Gasteiger partial charge in [0.1, 0.15) is 5.76 Å². The van der Waals surface area contributed by atoms with Crippen LogP contribution in [0.1, 0.15) is 27.7 Å². The Balaban J connectivity index is 0. The minimum absolute atomic E-state index is 0.0711. The molecule has 0 unspecified atom stereocenters. The second kappa shape index (κ2) is 8.12. The second-order valence-electron chi connectivity index (χ2n) is 2.55. The average Bonchev–Trinajstić information content (AvgIpc) is 2.03. The van der Waals surface area contributed by atoms with Crippen LogP contribution in [0.2, 0.25) is 0 Å². The summed E-state index contributed by atoms with van der Waals surface area (Å²) in [5, 5.41) is 8.66. The molecule has 0 saturated carbocycles. The lowest BCUT2D eigenvalue weighted by atomic mass is 10.1. The monoisotopic (exact) mass is 168 g/mol. The van der Waals surface area contributed by atoms with E-state index in [9.17, 15) is 0 Å². The van der Waals surface area contributed by atoms with E-state index in [4.69, 9.17) is 5.11 Å². The van der Waals surface area contributed by atoms with Crippen LogP contribution in [0.4, 0.5) is 0 Å². The molecule has 0 bridgehead atoms. The van der Waals surface area contributed by atoms with Crippen LogP contribution in [0.3, 0.4) is 0 Å². The highest BCUT2D eigenvalue weighted by atomic mass is 16.3.